The van der Waals surface area contributed by atoms with E-state index in [9.17, 15) is 14.7 Å². The van der Waals surface area contributed by atoms with Gasteiger partial charge in [-0.15, -0.1) is 11.3 Å². The van der Waals surface area contributed by atoms with Crippen LogP contribution in [0.15, 0.2) is 41.8 Å². The molecule has 1 aliphatic carbocycles. The predicted molar refractivity (Wildman–Crippen MR) is 92.6 cm³/mol. The normalized spacial score (nSPS) is 15.4. The number of carboxylic acids is 1. The van der Waals surface area contributed by atoms with Crippen molar-refractivity contribution >= 4 is 23.2 Å². The van der Waals surface area contributed by atoms with Gasteiger partial charge in [0.25, 0.3) is 0 Å². The van der Waals surface area contributed by atoms with Gasteiger partial charge in [0.05, 0.1) is 10.7 Å². The molecule has 0 fully saturated rings. The van der Waals surface area contributed by atoms with E-state index in [1.807, 2.05) is 36.6 Å². The predicted octanol–water partition coefficient (Wildman–Crippen LogP) is 3.16. The zero-order chi connectivity index (χ0) is 17.2. The van der Waals surface area contributed by atoms with Crippen LogP contribution in [0.25, 0.3) is 11.3 Å². The van der Waals surface area contributed by atoms with E-state index < -0.39 is 17.3 Å². The second kappa shape index (κ2) is 6.57. The van der Waals surface area contributed by atoms with Crippen LogP contribution in [0.3, 0.4) is 0 Å². The number of nitrogens with zero attached hydrogens (tertiary/aromatic N) is 1. The zero-order valence-electron chi connectivity index (χ0n) is 13.3. The first kappa shape index (κ1) is 16.4. The van der Waals surface area contributed by atoms with Gasteiger partial charge in [-0.25, -0.2) is 4.98 Å². The molecule has 0 saturated heterocycles. The Hall–Kier alpha value is -2.47. The van der Waals surface area contributed by atoms with Gasteiger partial charge in [0.1, 0.15) is 0 Å². The average Bonchev–Trinajstić information content (AvgIpc) is 3.23. The smallest absolute Gasteiger partial charge is 0.319 e. The summed E-state index contributed by atoms with van der Waals surface area (Å²) >= 11 is 1.60. The van der Waals surface area contributed by atoms with E-state index in [0.717, 1.165) is 21.8 Å². The minimum Gasteiger partial charge on any atom is -0.480 e. The Morgan fingerprint density at radius 1 is 1.25 bits per heavy atom. The number of aryl methyl sites for hydroxylation is 1. The van der Waals surface area contributed by atoms with Gasteiger partial charge in [0.15, 0.2) is 5.41 Å². The number of carbonyl (C=O) groups is 2. The van der Waals surface area contributed by atoms with E-state index in [2.05, 4.69) is 10.3 Å². The van der Waals surface area contributed by atoms with Crippen LogP contribution < -0.4 is 5.32 Å². The summed E-state index contributed by atoms with van der Waals surface area (Å²) in [4.78, 5) is 28.2. The van der Waals surface area contributed by atoms with Gasteiger partial charge in [-0.1, -0.05) is 36.4 Å². The van der Waals surface area contributed by atoms with E-state index in [4.69, 9.17) is 0 Å². The molecule has 1 amide bonds. The molecule has 3 rings (SSSR count). The molecule has 124 valence electrons. The van der Waals surface area contributed by atoms with Crippen molar-refractivity contribution in [3.8, 4) is 11.3 Å². The number of nitrogens with one attached hydrogen (secondary N) is 1. The van der Waals surface area contributed by atoms with Crippen LogP contribution in [-0.4, -0.2) is 22.0 Å². The fourth-order valence-electron chi connectivity index (χ4n) is 2.75. The van der Waals surface area contributed by atoms with Gasteiger partial charge in [0, 0.05) is 17.5 Å². The number of aliphatic carboxylic acids is 1. The van der Waals surface area contributed by atoms with Gasteiger partial charge in [-0.3, -0.25) is 9.59 Å². The number of allylic oxidation sites excluding steroid dienone is 2. The molecular weight excluding hydrogens is 324 g/mol. The molecule has 2 N–H and O–H groups in total. The topological polar surface area (TPSA) is 79.3 Å². The standard InChI is InChI=1S/C18H18N2O3S/c1-12-20-15(11-24-12)14-6-4-13(5-7-14)10-19-16(21)18(17(22)23)8-2-3-9-18/h2-7,11H,8-10H2,1H3,(H,19,21)(H,22,23). The average molecular weight is 342 g/mol. The lowest BCUT2D eigenvalue weighted by molar-refractivity contribution is -0.155. The third-order valence-corrected chi connectivity index (χ3v) is 5.04. The lowest BCUT2D eigenvalue weighted by Gasteiger charge is -2.22. The molecule has 1 heterocycles. The van der Waals surface area contributed by atoms with Crippen molar-refractivity contribution in [1.82, 2.24) is 10.3 Å². The van der Waals surface area contributed by atoms with Crippen LogP contribution in [0.5, 0.6) is 0 Å². The Bertz CT molecular complexity index is 785. The quantitative estimate of drug-likeness (QED) is 0.646. The number of rotatable bonds is 5. The van der Waals surface area contributed by atoms with Gasteiger partial charge >= 0.3 is 5.97 Å². The highest BCUT2D eigenvalue weighted by atomic mass is 32.1. The number of carbonyl (C=O) groups excluding carboxylic acids is 1. The Labute approximate surface area is 144 Å². The monoisotopic (exact) mass is 342 g/mol. The number of thiazole rings is 1. The van der Waals surface area contributed by atoms with Crippen molar-refractivity contribution in [2.45, 2.75) is 26.3 Å². The van der Waals surface area contributed by atoms with E-state index in [0.29, 0.717) is 6.54 Å². The summed E-state index contributed by atoms with van der Waals surface area (Å²) in [6, 6.07) is 7.76. The highest BCUT2D eigenvalue weighted by Crippen LogP contribution is 2.34. The largest absolute Gasteiger partial charge is 0.480 e. The summed E-state index contributed by atoms with van der Waals surface area (Å²) in [6.07, 6.45) is 3.99. The molecule has 0 radical (unpaired) electrons. The maximum Gasteiger partial charge on any atom is 0.319 e. The maximum absolute atomic E-state index is 12.3. The van der Waals surface area contributed by atoms with Crippen LogP contribution in [0.1, 0.15) is 23.4 Å². The third kappa shape index (κ3) is 3.10. The number of amides is 1. The van der Waals surface area contributed by atoms with Gasteiger partial charge < -0.3 is 10.4 Å². The summed E-state index contributed by atoms with van der Waals surface area (Å²) < 4.78 is 0. The van der Waals surface area contributed by atoms with E-state index in [1.165, 1.54) is 0 Å². The number of benzene rings is 1. The van der Waals surface area contributed by atoms with E-state index in [1.54, 1.807) is 23.5 Å². The molecule has 5 nitrogen and oxygen atoms in total. The van der Waals surface area contributed by atoms with Crippen molar-refractivity contribution in [2.75, 3.05) is 0 Å². The van der Waals surface area contributed by atoms with Gasteiger partial charge in [-0.2, -0.15) is 0 Å². The first-order valence-corrected chi connectivity index (χ1v) is 8.57. The minimum absolute atomic E-state index is 0.246. The lowest BCUT2D eigenvalue weighted by Crippen LogP contribution is -2.44. The van der Waals surface area contributed by atoms with Crippen molar-refractivity contribution in [2.24, 2.45) is 5.41 Å². The van der Waals surface area contributed by atoms with Crippen molar-refractivity contribution in [3.05, 3.63) is 52.4 Å². The van der Waals surface area contributed by atoms with Crippen LogP contribution in [-0.2, 0) is 16.1 Å². The summed E-state index contributed by atoms with van der Waals surface area (Å²) in [5.74, 6) is -1.50. The van der Waals surface area contributed by atoms with Crippen LogP contribution in [0.4, 0.5) is 0 Å². The number of carboxylic acid groups (broad SMARTS) is 1. The van der Waals surface area contributed by atoms with Crippen molar-refractivity contribution in [1.29, 1.82) is 0 Å². The van der Waals surface area contributed by atoms with Crippen molar-refractivity contribution < 1.29 is 14.7 Å². The molecule has 1 aromatic heterocycles. The second-order valence-corrected chi connectivity index (χ2v) is 6.96. The molecular formula is C18H18N2O3S. The molecule has 6 heteroatoms. The lowest BCUT2D eigenvalue weighted by atomic mass is 9.84. The molecule has 1 aliphatic rings. The first-order chi connectivity index (χ1) is 11.5. The van der Waals surface area contributed by atoms with E-state index in [-0.39, 0.29) is 12.8 Å². The maximum atomic E-state index is 12.3. The minimum atomic E-state index is -1.35. The van der Waals surface area contributed by atoms with Crippen LogP contribution in [0.2, 0.25) is 0 Å². The van der Waals surface area contributed by atoms with E-state index >= 15 is 0 Å². The summed E-state index contributed by atoms with van der Waals surface area (Å²) in [6.45, 7) is 2.28. The van der Waals surface area contributed by atoms with Gasteiger partial charge in [-0.05, 0) is 25.3 Å². The molecule has 2 aromatic rings. The fourth-order valence-corrected chi connectivity index (χ4v) is 3.37. The SMILES string of the molecule is Cc1nc(-c2ccc(CNC(=O)C3(C(=O)O)CC=CC3)cc2)cs1. The Morgan fingerprint density at radius 2 is 1.92 bits per heavy atom. The summed E-state index contributed by atoms with van der Waals surface area (Å²) in [5, 5.41) is 15.2. The molecule has 0 spiro atoms. The van der Waals surface area contributed by atoms with Crippen LogP contribution in [0, 0.1) is 12.3 Å². The highest BCUT2D eigenvalue weighted by Gasteiger charge is 2.46. The molecule has 0 saturated carbocycles. The molecule has 0 bridgehead atoms. The molecule has 0 unspecified atom stereocenters. The molecule has 0 atom stereocenters. The van der Waals surface area contributed by atoms with Crippen LogP contribution >= 0.6 is 11.3 Å². The Morgan fingerprint density at radius 3 is 2.46 bits per heavy atom. The third-order valence-electron chi connectivity index (χ3n) is 4.27. The molecule has 0 aliphatic heterocycles. The van der Waals surface area contributed by atoms with Gasteiger partial charge in [0.2, 0.25) is 5.91 Å². The Kier molecular flexibility index (Phi) is 4.49. The second-order valence-electron chi connectivity index (χ2n) is 5.90. The zero-order valence-corrected chi connectivity index (χ0v) is 14.1. The Balaban J connectivity index is 1.64. The summed E-state index contributed by atoms with van der Waals surface area (Å²) in [7, 11) is 0. The summed E-state index contributed by atoms with van der Waals surface area (Å²) in [5.41, 5.74) is 1.54. The number of aromatic nitrogens is 1. The highest BCUT2D eigenvalue weighted by molar-refractivity contribution is 7.09. The molecule has 1 aromatic carbocycles. The number of hydrogen-bond donors (Lipinski definition) is 2. The fraction of sp³-hybridized carbons (Fsp3) is 0.278. The van der Waals surface area contributed by atoms with Crippen molar-refractivity contribution in [3.63, 3.8) is 0 Å². The first-order valence-electron chi connectivity index (χ1n) is 7.69. The molecule has 24 heavy (non-hydrogen) atoms. The number of hydrogen-bond acceptors (Lipinski definition) is 4.